The third-order valence-electron chi connectivity index (χ3n) is 6.55. The van der Waals surface area contributed by atoms with E-state index < -0.39 is 0 Å². The minimum Gasteiger partial charge on any atom is -0.361 e. The molecular formula is C26H28N4O. The lowest BCUT2D eigenvalue weighted by Gasteiger charge is -2.28. The number of para-hydroxylation sites is 1. The van der Waals surface area contributed by atoms with Crippen molar-refractivity contribution in [2.45, 2.75) is 38.1 Å². The van der Waals surface area contributed by atoms with Crippen molar-refractivity contribution < 1.29 is 4.79 Å². The van der Waals surface area contributed by atoms with E-state index in [9.17, 15) is 4.79 Å². The van der Waals surface area contributed by atoms with Crippen LogP contribution in [-0.4, -0.2) is 32.1 Å². The van der Waals surface area contributed by atoms with Gasteiger partial charge in [0, 0.05) is 30.7 Å². The third-order valence-corrected chi connectivity index (χ3v) is 6.55. The molecule has 0 aliphatic heterocycles. The summed E-state index contributed by atoms with van der Waals surface area (Å²) < 4.78 is 1.89. The van der Waals surface area contributed by atoms with Crippen LogP contribution >= 0.6 is 0 Å². The van der Waals surface area contributed by atoms with E-state index in [-0.39, 0.29) is 11.3 Å². The van der Waals surface area contributed by atoms with Gasteiger partial charge in [0.25, 0.3) is 0 Å². The highest BCUT2D eigenvalue weighted by molar-refractivity contribution is 5.91. The zero-order valence-corrected chi connectivity index (χ0v) is 18.1. The molecule has 0 spiro atoms. The van der Waals surface area contributed by atoms with Crippen molar-refractivity contribution in [3.63, 3.8) is 0 Å². The second kappa shape index (κ2) is 7.73. The number of carbonyl (C=O) groups excluding carboxylic acids is 1. The van der Waals surface area contributed by atoms with Gasteiger partial charge in [-0.1, -0.05) is 48.5 Å². The van der Waals surface area contributed by atoms with E-state index >= 15 is 0 Å². The van der Waals surface area contributed by atoms with E-state index in [2.05, 4.69) is 52.7 Å². The van der Waals surface area contributed by atoms with Gasteiger partial charge in [-0.25, -0.2) is 0 Å². The average Bonchev–Trinajstić information content (AvgIpc) is 3.41. The van der Waals surface area contributed by atoms with Crippen LogP contribution in [0, 0.1) is 6.92 Å². The van der Waals surface area contributed by atoms with E-state index in [1.165, 1.54) is 10.9 Å². The number of aromatic amines is 1. The predicted molar refractivity (Wildman–Crippen MR) is 123 cm³/mol. The summed E-state index contributed by atoms with van der Waals surface area (Å²) in [5.41, 5.74) is 5.20. The fourth-order valence-electron chi connectivity index (χ4n) is 4.66. The van der Waals surface area contributed by atoms with Crippen molar-refractivity contribution in [1.29, 1.82) is 0 Å². The molecule has 2 heterocycles. The zero-order chi connectivity index (χ0) is 21.4. The second-order valence-electron chi connectivity index (χ2n) is 8.69. The predicted octanol–water partition coefficient (Wildman–Crippen LogP) is 4.51. The number of nitrogens with one attached hydrogen (secondary N) is 1. The monoisotopic (exact) mass is 412 g/mol. The summed E-state index contributed by atoms with van der Waals surface area (Å²) in [5, 5.41) is 5.72. The van der Waals surface area contributed by atoms with E-state index in [4.69, 9.17) is 0 Å². The topological polar surface area (TPSA) is 53.9 Å². The van der Waals surface area contributed by atoms with Crippen LogP contribution in [0.25, 0.3) is 10.9 Å². The van der Waals surface area contributed by atoms with Gasteiger partial charge >= 0.3 is 0 Å². The van der Waals surface area contributed by atoms with Gasteiger partial charge in [-0.3, -0.25) is 9.48 Å². The molecular weight excluding hydrogens is 384 g/mol. The fraction of sp³-hybridized carbons (Fsp3) is 0.308. The number of aromatic nitrogens is 3. The Labute approximate surface area is 182 Å². The third kappa shape index (κ3) is 3.65. The smallest absolute Gasteiger partial charge is 0.233 e. The first-order valence-corrected chi connectivity index (χ1v) is 11.0. The molecule has 5 heteroatoms. The van der Waals surface area contributed by atoms with E-state index in [0.717, 1.165) is 41.7 Å². The first kappa shape index (κ1) is 19.6. The summed E-state index contributed by atoms with van der Waals surface area (Å²) in [5.74, 6) is 0.234. The maximum atomic E-state index is 13.9. The average molecular weight is 413 g/mol. The van der Waals surface area contributed by atoms with Gasteiger partial charge in [-0.15, -0.1) is 0 Å². The van der Waals surface area contributed by atoms with Crippen LogP contribution in [0.1, 0.15) is 35.4 Å². The summed E-state index contributed by atoms with van der Waals surface area (Å²) in [7, 11) is 1.95. The number of amides is 1. The molecule has 31 heavy (non-hydrogen) atoms. The van der Waals surface area contributed by atoms with E-state index in [1.54, 1.807) is 0 Å². The Balaban J connectivity index is 1.43. The van der Waals surface area contributed by atoms with Crippen molar-refractivity contribution in [2.75, 3.05) is 6.54 Å². The van der Waals surface area contributed by atoms with E-state index in [0.29, 0.717) is 13.1 Å². The van der Waals surface area contributed by atoms with Crippen molar-refractivity contribution in [1.82, 2.24) is 19.7 Å². The number of aryl methyl sites for hydroxylation is 2. The molecule has 1 saturated carbocycles. The lowest BCUT2D eigenvalue weighted by Crippen LogP contribution is -2.40. The molecule has 1 aliphatic carbocycles. The minimum absolute atomic E-state index is 0.234. The Bertz CT molecular complexity index is 1220. The number of H-pyrrole nitrogens is 1. The minimum atomic E-state index is -0.366. The molecule has 2 aromatic heterocycles. The number of carbonyl (C=O) groups is 1. The maximum Gasteiger partial charge on any atom is 0.233 e. The number of hydrogen-bond acceptors (Lipinski definition) is 2. The highest BCUT2D eigenvalue weighted by atomic mass is 16.2. The molecule has 0 unspecified atom stereocenters. The van der Waals surface area contributed by atoms with Gasteiger partial charge in [0.2, 0.25) is 5.91 Å². The van der Waals surface area contributed by atoms with Gasteiger partial charge in [0.1, 0.15) is 0 Å². The van der Waals surface area contributed by atoms with Gasteiger partial charge in [0.05, 0.1) is 23.3 Å². The van der Waals surface area contributed by atoms with Crippen LogP contribution in [0.2, 0.25) is 0 Å². The Morgan fingerprint density at radius 3 is 2.58 bits per heavy atom. The zero-order valence-electron chi connectivity index (χ0n) is 18.1. The summed E-state index contributed by atoms with van der Waals surface area (Å²) in [6, 6.07) is 20.7. The van der Waals surface area contributed by atoms with Crippen LogP contribution < -0.4 is 0 Å². The molecule has 5 nitrogen and oxygen atoms in total. The molecule has 1 N–H and O–H groups in total. The quantitative estimate of drug-likeness (QED) is 0.485. The normalized spacial score (nSPS) is 14.6. The van der Waals surface area contributed by atoms with Gasteiger partial charge < -0.3 is 9.88 Å². The molecule has 0 saturated heterocycles. The lowest BCUT2D eigenvalue weighted by molar-refractivity contribution is -0.134. The van der Waals surface area contributed by atoms with Crippen LogP contribution in [0.15, 0.2) is 66.9 Å². The van der Waals surface area contributed by atoms with Crippen molar-refractivity contribution in [3.8, 4) is 0 Å². The summed E-state index contributed by atoms with van der Waals surface area (Å²) in [6.45, 7) is 3.25. The largest absolute Gasteiger partial charge is 0.361 e. The highest BCUT2D eigenvalue weighted by Crippen LogP contribution is 2.49. The molecule has 1 aliphatic rings. The molecule has 2 aromatic carbocycles. The Morgan fingerprint density at radius 1 is 1.13 bits per heavy atom. The lowest BCUT2D eigenvalue weighted by atomic mass is 9.94. The standard InChI is InChI=1S/C26H28N4O/c1-19-16-22(29(2)28-19)18-30(15-12-20-17-27-24-11-7-6-10-23(20)24)25(31)26(13-14-26)21-8-4-3-5-9-21/h3-11,16-17,27H,12-15,18H2,1-2H3. The van der Waals surface area contributed by atoms with Crippen molar-refractivity contribution >= 4 is 16.8 Å². The SMILES string of the molecule is Cc1cc(CN(CCc2c[nH]c3ccccc23)C(=O)C2(c3ccccc3)CC2)n(C)n1. The number of fused-ring (bicyclic) bond motifs is 1. The molecule has 5 rings (SSSR count). The van der Waals surface area contributed by atoms with Crippen molar-refractivity contribution in [3.05, 3.63) is 89.4 Å². The Kier molecular flexibility index (Phi) is 4.89. The Morgan fingerprint density at radius 2 is 1.87 bits per heavy atom. The highest BCUT2D eigenvalue weighted by Gasteiger charge is 2.52. The maximum absolute atomic E-state index is 13.9. The van der Waals surface area contributed by atoms with E-state index in [1.807, 2.05) is 47.8 Å². The molecule has 4 aromatic rings. The molecule has 158 valence electrons. The van der Waals surface area contributed by atoms with Gasteiger partial charge in [-0.05, 0) is 49.4 Å². The number of nitrogens with zero attached hydrogens (tertiary/aromatic N) is 3. The molecule has 0 bridgehead atoms. The molecule has 1 fully saturated rings. The fourth-order valence-corrected chi connectivity index (χ4v) is 4.66. The number of rotatable bonds is 7. The number of hydrogen-bond donors (Lipinski definition) is 1. The second-order valence-corrected chi connectivity index (χ2v) is 8.69. The van der Waals surface area contributed by atoms with Crippen molar-refractivity contribution in [2.24, 2.45) is 7.05 Å². The summed E-state index contributed by atoms with van der Waals surface area (Å²) in [6.07, 6.45) is 4.73. The summed E-state index contributed by atoms with van der Waals surface area (Å²) in [4.78, 5) is 19.3. The van der Waals surface area contributed by atoms with Crippen LogP contribution in [-0.2, 0) is 30.2 Å². The molecule has 0 atom stereocenters. The first-order valence-electron chi connectivity index (χ1n) is 11.0. The van der Waals surface area contributed by atoms with Gasteiger partial charge in [-0.2, -0.15) is 5.10 Å². The first-order chi connectivity index (χ1) is 15.1. The molecule has 1 amide bonds. The van der Waals surface area contributed by atoms with Crippen LogP contribution in [0.3, 0.4) is 0 Å². The Hall–Kier alpha value is -3.34. The molecule has 0 radical (unpaired) electrons. The van der Waals surface area contributed by atoms with Crippen LogP contribution in [0.5, 0.6) is 0 Å². The summed E-state index contributed by atoms with van der Waals surface area (Å²) >= 11 is 0. The number of benzene rings is 2. The van der Waals surface area contributed by atoms with Gasteiger partial charge in [0.15, 0.2) is 0 Å². The van der Waals surface area contributed by atoms with Crippen LogP contribution in [0.4, 0.5) is 0 Å².